The Bertz CT molecular complexity index is 615. The number of hydrogen-bond donors (Lipinski definition) is 3. The molecular weight excluding hydrogens is 266 g/mol. The molecular formula is C15H21N5O. The van der Waals surface area contributed by atoms with E-state index < -0.39 is 0 Å². The number of anilines is 2. The minimum Gasteiger partial charge on any atom is -0.497 e. The summed E-state index contributed by atoms with van der Waals surface area (Å²) in [7, 11) is 1.66. The summed E-state index contributed by atoms with van der Waals surface area (Å²) in [5.41, 5.74) is 4.63. The normalized spacial score (nSPS) is 10.3. The molecule has 0 aliphatic heterocycles. The molecule has 112 valence electrons. The molecule has 0 saturated heterocycles. The van der Waals surface area contributed by atoms with Gasteiger partial charge in [-0.1, -0.05) is 19.1 Å². The third kappa shape index (κ3) is 3.61. The van der Waals surface area contributed by atoms with Gasteiger partial charge in [0.1, 0.15) is 23.2 Å². The minimum atomic E-state index is 0.648. The average Bonchev–Trinajstić information content (AvgIpc) is 2.54. The third-order valence-corrected chi connectivity index (χ3v) is 3.24. The molecule has 2 aromatic rings. The molecule has 1 aromatic carbocycles. The maximum atomic E-state index is 5.50. The van der Waals surface area contributed by atoms with Gasteiger partial charge in [0.15, 0.2) is 0 Å². The van der Waals surface area contributed by atoms with Gasteiger partial charge in [-0.25, -0.2) is 15.8 Å². The highest BCUT2D eigenvalue weighted by Crippen LogP contribution is 2.21. The van der Waals surface area contributed by atoms with Gasteiger partial charge in [-0.15, -0.1) is 0 Å². The van der Waals surface area contributed by atoms with Gasteiger partial charge in [0.25, 0.3) is 0 Å². The number of nitrogens with one attached hydrogen (secondary N) is 2. The Hall–Kier alpha value is -2.34. The zero-order chi connectivity index (χ0) is 15.2. The van der Waals surface area contributed by atoms with Crippen LogP contribution in [0.5, 0.6) is 5.75 Å². The first-order chi connectivity index (χ1) is 10.2. The van der Waals surface area contributed by atoms with E-state index in [1.165, 1.54) is 0 Å². The summed E-state index contributed by atoms with van der Waals surface area (Å²) < 4.78 is 5.22. The number of benzene rings is 1. The summed E-state index contributed by atoms with van der Waals surface area (Å²) in [6.07, 6.45) is 0.753. The van der Waals surface area contributed by atoms with E-state index in [0.717, 1.165) is 34.9 Å². The maximum absolute atomic E-state index is 5.50. The van der Waals surface area contributed by atoms with E-state index in [-0.39, 0.29) is 0 Å². The largest absolute Gasteiger partial charge is 0.497 e. The number of nitrogens with two attached hydrogens (primary N) is 1. The van der Waals surface area contributed by atoms with Crippen molar-refractivity contribution in [3.05, 3.63) is 41.2 Å². The first kappa shape index (κ1) is 15.1. The fraction of sp³-hybridized carbons (Fsp3) is 0.333. The molecule has 6 heteroatoms. The van der Waals surface area contributed by atoms with E-state index in [9.17, 15) is 0 Å². The molecule has 21 heavy (non-hydrogen) atoms. The summed E-state index contributed by atoms with van der Waals surface area (Å²) >= 11 is 0. The highest BCUT2D eigenvalue weighted by Gasteiger charge is 2.09. The van der Waals surface area contributed by atoms with Crippen molar-refractivity contribution in [3.8, 4) is 5.75 Å². The van der Waals surface area contributed by atoms with Gasteiger partial charge in [0.2, 0.25) is 0 Å². The molecule has 0 aliphatic carbocycles. The molecule has 4 N–H and O–H groups in total. The first-order valence-electron chi connectivity index (χ1n) is 6.88. The highest BCUT2D eigenvalue weighted by atomic mass is 16.5. The standard InChI is InChI=1S/C15H21N5O/c1-4-13-18-14(10(2)15(19-13)20-16)17-9-11-6-5-7-12(8-11)21-3/h5-8H,4,9,16H2,1-3H3,(H2,17,18,19,20). The van der Waals surface area contributed by atoms with Crippen molar-refractivity contribution in [1.82, 2.24) is 9.97 Å². The lowest BCUT2D eigenvalue weighted by atomic mass is 10.2. The van der Waals surface area contributed by atoms with Gasteiger partial charge in [-0.2, -0.15) is 0 Å². The van der Waals surface area contributed by atoms with Crippen LogP contribution in [-0.2, 0) is 13.0 Å². The Balaban J connectivity index is 2.18. The minimum absolute atomic E-state index is 0.648. The molecule has 0 bridgehead atoms. The second kappa shape index (κ2) is 6.90. The van der Waals surface area contributed by atoms with Crippen LogP contribution in [0, 0.1) is 6.92 Å². The SMILES string of the molecule is CCc1nc(NN)c(C)c(NCc2cccc(OC)c2)n1. The Morgan fingerprint density at radius 3 is 2.67 bits per heavy atom. The lowest BCUT2D eigenvalue weighted by molar-refractivity contribution is 0.414. The van der Waals surface area contributed by atoms with Crippen LogP contribution in [0.15, 0.2) is 24.3 Å². The van der Waals surface area contributed by atoms with E-state index in [1.54, 1.807) is 7.11 Å². The van der Waals surface area contributed by atoms with Crippen molar-refractivity contribution >= 4 is 11.6 Å². The monoisotopic (exact) mass is 287 g/mol. The zero-order valence-electron chi connectivity index (χ0n) is 12.6. The lowest BCUT2D eigenvalue weighted by Gasteiger charge is -2.13. The van der Waals surface area contributed by atoms with Gasteiger partial charge >= 0.3 is 0 Å². The van der Waals surface area contributed by atoms with Crippen LogP contribution in [0.25, 0.3) is 0 Å². The number of nitrogen functional groups attached to an aromatic ring is 1. The summed E-state index contributed by atoms with van der Waals surface area (Å²) in [6, 6.07) is 7.92. The molecule has 1 heterocycles. The molecule has 0 saturated carbocycles. The Morgan fingerprint density at radius 1 is 1.24 bits per heavy atom. The number of aryl methyl sites for hydroxylation is 1. The molecule has 1 aromatic heterocycles. The van der Waals surface area contributed by atoms with Crippen molar-refractivity contribution in [2.45, 2.75) is 26.8 Å². The summed E-state index contributed by atoms with van der Waals surface area (Å²) in [5, 5.41) is 3.33. The predicted octanol–water partition coefficient (Wildman–Crippen LogP) is 2.25. The summed E-state index contributed by atoms with van der Waals surface area (Å²) in [4.78, 5) is 8.85. The second-order valence-corrected chi connectivity index (χ2v) is 4.67. The van der Waals surface area contributed by atoms with E-state index >= 15 is 0 Å². The van der Waals surface area contributed by atoms with Crippen molar-refractivity contribution in [3.63, 3.8) is 0 Å². The number of nitrogens with zero attached hydrogens (tertiary/aromatic N) is 2. The second-order valence-electron chi connectivity index (χ2n) is 4.67. The predicted molar refractivity (Wildman–Crippen MR) is 84.3 cm³/mol. The zero-order valence-corrected chi connectivity index (χ0v) is 12.6. The van der Waals surface area contributed by atoms with Crippen LogP contribution >= 0.6 is 0 Å². The van der Waals surface area contributed by atoms with Crippen LogP contribution < -0.4 is 21.3 Å². The molecule has 0 unspecified atom stereocenters. The smallest absolute Gasteiger partial charge is 0.148 e. The molecule has 0 spiro atoms. The van der Waals surface area contributed by atoms with Crippen molar-refractivity contribution in [2.75, 3.05) is 17.9 Å². The molecule has 0 aliphatic rings. The van der Waals surface area contributed by atoms with Gasteiger partial charge < -0.3 is 15.5 Å². The maximum Gasteiger partial charge on any atom is 0.148 e. The van der Waals surface area contributed by atoms with E-state index in [4.69, 9.17) is 10.6 Å². The van der Waals surface area contributed by atoms with Crippen LogP contribution in [0.2, 0.25) is 0 Å². The number of methoxy groups -OCH3 is 1. The van der Waals surface area contributed by atoms with Crippen molar-refractivity contribution in [1.29, 1.82) is 0 Å². The molecule has 6 nitrogen and oxygen atoms in total. The topological polar surface area (TPSA) is 85.1 Å². The Kier molecular flexibility index (Phi) is 4.94. The number of aromatic nitrogens is 2. The van der Waals surface area contributed by atoms with Crippen molar-refractivity contribution < 1.29 is 4.74 Å². The Labute approximate surface area is 124 Å². The third-order valence-electron chi connectivity index (χ3n) is 3.24. The molecule has 0 atom stereocenters. The van der Waals surface area contributed by atoms with Crippen LogP contribution in [0.4, 0.5) is 11.6 Å². The van der Waals surface area contributed by atoms with Gasteiger partial charge in [0, 0.05) is 18.5 Å². The number of rotatable bonds is 6. The Morgan fingerprint density at radius 2 is 2.00 bits per heavy atom. The fourth-order valence-corrected chi connectivity index (χ4v) is 2.00. The number of hydrazine groups is 1. The van der Waals surface area contributed by atoms with Crippen LogP contribution in [0.3, 0.4) is 0 Å². The van der Waals surface area contributed by atoms with E-state index in [1.807, 2.05) is 38.1 Å². The van der Waals surface area contributed by atoms with Crippen LogP contribution in [-0.4, -0.2) is 17.1 Å². The average molecular weight is 287 g/mol. The summed E-state index contributed by atoms with van der Waals surface area (Å²) in [5.74, 6) is 8.53. The molecule has 2 rings (SSSR count). The van der Waals surface area contributed by atoms with Crippen LogP contribution in [0.1, 0.15) is 23.9 Å². The number of ether oxygens (including phenoxy) is 1. The molecule has 0 radical (unpaired) electrons. The fourth-order valence-electron chi connectivity index (χ4n) is 2.00. The molecule has 0 amide bonds. The van der Waals surface area contributed by atoms with E-state index in [2.05, 4.69) is 20.7 Å². The van der Waals surface area contributed by atoms with E-state index in [0.29, 0.717) is 12.4 Å². The van der Waals surface area contributed by atoms with Gasteiger partial charge in [-0.3, -0.25) is 0 Å². The van der Waals surface area contributed by atoms with Crippen molar-refractivity contribution in [2.24, 2.45) is 5.84 Å². The number of hydrogen-bond acceptors (Lipinski definition) is 6. The quantitative estimate of drug-likeness (QED) is 0.558. The summed E-state index contributed by atoms with van der Waals surface area (Å²) in [6.45, 7) is 4.60. The van der Waals surface area contributed by atoms with Gasteiger partial charge in [-0.05, 0) is 24.6 Å². The first-order valence-corrected chi connectivity index (χ1v) is 6.88. The molecule has 0 fully saturated rings. The lowest BCUT2D eigenvalue weighted by Crippen LogP contribution is -2.14. The highest BCUT2D eigenvalue weighted by molar-refractivity contribution is 5.56. The van der Waals surface area contributed by atoms with Gasteiger partial charge in [0.05, 0.1) is 7.11 Å².